The third-order valence-corrected chi connectivity index (χ3v) is 7.07. The minimum absolute atomic E-state index is 0.147. The number of nitrogens with zero attached hydrogens (tertiary/aromatic N) is 2. The van der Waals surface area contributed by atoms with Crippen LogP contribution in [0.1, 0.15) is 77.0 Å². The number of hydrogen-bond acceptors (Lipinski definition) is 4. The number of unbranched alkanes of at least 4 members (excludes halogenated alkanes) is 8. The molecule has 0 bridgehead atoms. The van der Waals surface area contributed by atoms with Crippen LogP contribution in [0.5, 0.6) is 0 Å². The van der Waals surface area contributed by atoms with Gasteiger partial charge in [-0.05, 0) is 36.8 Å². The van der Waals surface area contributed by atoms with Crippen molar-refractivity contribution < 1.29 is 18.7 Å². The molecule has 0 aliphatic heterocycles. The summed E-state index contributed by atoms with van der Waals surface area (Å²) in [6.07, 6.45) is 21.2. The number of hydrogen-bond donors (Lipinski definition) is 4. The first-order chi connectivity index (χ1) is 18.6. The third-order valence-electron chi connectivity index (χ3n) is 6.62. The van der Waals surface area contributed by atoms with Crippen LogP contribution in [-0.2, 0) is 22.7 Å². The molecule has 2 rings (SSSR count). The normalized spacial score (nSPS) is 10.9. The summed E-state index contributed by atoms with van der Waals surface area (Å²) in [7, 11) is 0. The van der Waals surface area contributed by atoms with E-state index in [0.717, 1.165) is 51.6 Å². The number of nitrogens with one attached hydrogen (secondary N) is 2. The zero-order valence-electron chi connectivity index (χ0n) is 23.0. The van der Waals surface area contributed by atoms with Gasteiger partial charge in [0.15, 0.2) is 24.8 Å². The lowest BCUT2D eigenvalue weighted by molar-refractivity contribution is -0.697. The van der Waals surface area contributed by atoms with E-state index in [2.05, 4.69) is 94.1 Å². The Morgan fingerprint density at radius 1 is 0.553 bits per heavy atom. The number of carbonyl (C=O) groups is 2. The molecule has 6 nitrogen and oxygen atoms in total. The van der Waals surface area contributed by atoms with Crippen molar-refractivity contribution in [1.82, 2.24) is 10.6 Å². The van der Waals surface area contributed by atoms with Crippen molar-refractivity contribution in [2.75, 3.05) is 24.6 Å². The fourth-order valence-corrected chi connectivity index (χ4v) is 4.61. The van der Waals surface area contributed by atoms with Gasteiger partial charge in [-0.3, -0.25) is 9.59 Å². The molecular formula is C30H48N4O2S2+2. The molecule has 2 amide bonds. The molecule has 0 aliphatic carbocycles. The van der Waals surface area contributed by atoms with Crippen molar-refractivity contribution in [3.05, 3.63) is 49.1 Å². The Labute approximate surface area is 240 Å². The summed E-state index contributed by atoms with van der Waals surface area (Å²) in [5.41, 5.74) is 2.48. The number of aromatic nitrogens is 2. The Kier molecular flexibility index (Phi) is 17.6. The van der Waals surface area contributed by atoms with Gasteiger partial charge in [-0.25, -0.2) is 9.13 Å². The molecule has 0 radical (unpaired) electrons. The molecular weight excluding hydrogens is 512 g/mol. The van der Waals surface area contributed by atoms with Crippen molar-refractivity contribution in [1.29, 1.82) is 0 Å². The average Bonchev–Trinajstić information content (AvgIpc) is 2.94. The monoisotopic (exact) mass is 560 g/mol. The molecule has 38 heavy (non-hydrogen) atoms. The van der Waals surface area contributed by atoms with Crippen molar-refractivity contribution >= 4 is 37.1 Å². The predicted octanol–water partition coefficient (Wildman–Crippen LogP) is 4.70. The fraction of sp³-hybridized carbons (Fsp3) is 0.600. The second kappa shape index (κ2) is 20.8. The van der Waals surface area contributed by atoms with E-state index in [-0.39, 0.29) is 11.8 Å². The standard InChI is InChI=1S/C30H46N4O2S2/c35-29(31-17-25-37)11-7-3-1-5-9-19-33-21-13-27(14-22-33)28-15-23-34(24-16-28)20-10-6-2-4-8-12-30(36)32-18-26-38/h13-16,21-24H,1-12,17-20,25-26H2,(H2-2,31,32,35,36,37,38)/p+2. The van der Waals surface area contributed by atoms with Gasteiger partial charge in [-0.1, -0.05) is 25.7 Å². The van der Waals surface area contributed by atoms with Crippen LogP contribution in [0.4, 0.5) is 0 Å². The lowest BCUT2D eigenvalue weighted by Crippen LogP contribution is -2.33. The van der Waals surface area contributed by atoms with Gasteiger partial charge in [0.05, 0.1) is 0 Å². The Morgan fingerprint density at radius 3 is 1.26 bits per heavy atom. The summed E-state index contributed by atoms with van der Waals surface area (Å²) >= 11 is 8.21. The molecule has 2 aromatic heterocycles. The van der Waals surface area contributed by atoms with Gasteiger partial charge in [0, 0.05) is 74.5 Å². The van der Waals surface area contributed by atoms with Gasteiger partial charge in [0.1, 0.15) is 13.1 Å². The highest BCUT2D eigenvalue weighted by molar-refractivity contribution is 7.80. The predicted molar refractivity (Wildman–Crippen MR) is 161 cm³/mol. The summed E-state index contributed by atoms with van der Waals surface area (Å²) < 4.78 is 4.51. The van der Waals surface area contributed by atoms with Crippen molar-refractivity contribution in [2.45, 2.75) is 90.1 Å². The SMILES string of the molecule is O=C(CCCCCCC[n+]1ccc(-c2cc[n+](CCCCCCCC(=O)NCCS)cc2)cc1)NCCS. The molecule has 0 aliphatic rings. The van der Waals surface area contributed by atoms with E-state index in [4.69, 9.17) is 0 Å². The van der Waals surface area contributed by atoms with E-state index < -0.39 is 0 Å². The molecule has 0 atom stereocenters. The second-order valence-electron chi connectivity index (χ2n) is 9.83. The molecule has 0 fully saturated rings. The number of rotatable bonds is 21. The lowest BCUT2D eigenvalue weighted by Gasteiger charge is -2.04. The van der Waals surface area contributed by atoms with Crippen molar-refractivity contribution in [3.63, 3.8) is 0 Å². The van der Waals surface area contributed by atoms with Gasteiger partial charge in [0.2, 0.25) is 11.8 Å². The van der Waals surface area contributed by atoms with Gasteiger partial charge >= 0.3 is 0 Å². The molecule has 0 saturated carbocycles. The summed E-state index contributed by atoms with van der Waals surface area (Å²) in [5, 5.41) is 5.73. The molecule has 8 heteroatoms. The molecule has 2 aromatic rings. The minimum atomic E-state index is 0.147. The van der Waals surface area contributed by atoms with Crippen LogP contribution in [0, 0.1) is 0 Å². The number of amides is 2. The zero-order valence-corrected chi connectivity index (χ0v) is 24.7. The van der Waals surface area contributed by atoms with E-state index >= 15 is 0 Å². The summed E-state index contributed by atoms with van der Waals surface area (Å²) in [6, 6.07) is 8.79. The van der Waals surface area contributed by atoms with E-state index in [1.807, 2.05) is 0 Å². The van der Waals surface area contributed by atoms with Crippen LogP contribution in [0.15, 0.2) is 49.1 Å². The first-order valence-electron chi connectivity index (χ1n) is 14.4. The maximum Gasteiger partial charge on any atom is 0.220 e. The quantitative estimate of drug-likeness (QED) is 0.102. The second-order valence-corrected chi connectivity index (χ2v) is 10.7. The molecule has 2 N–H and O–H groups in total. The first-order valence-corrected chi connectivity index (χ1v) is 15.6. The van der Waals surface area contributed by atoms with Gasteiger partial charge in [-0.15, -0.1) is 0 Å². The Bertz CT molecular complexity index is 832. The maximum atomic E-state index is 11.6. The van der Waals surface area contributed by atoms with Crippen molar-refractivity contribution in [3.8, 4) is 11.1 Å². The molecule has 0 saturated heterocycles. The largest absolute Gasteiger partial charge is 0.355 e. The van der Waals surface area contributed by atoms with Crippen molar-refractivity contribution in [2.24, 2.45) is 0 Å². The highest BCUT2D eigenvalue weighted by Gasteiger charge is 2.07. The van der Waals surface area contributed by atoms with Crippen LogP contribution in [-0.4, -0.2) is 36.4 Å². The zero-order chi connectivity index (χ0) is 27.3. The highest BCUT2D eigenvalue weighted by atomic mass is 32.1. The number of pyridine rings is 2. The number of aryl methyl sites for hydroxylation is 2. The van der Waals surface area contributed by atoms with E-state index in [0.29, 0.717) is 37.4 Å². The summed E-state index contributed by atoms with van der Waals surface area (Å²) in [4.78, 5) is 23.2. The van der Waals surface area contributed by atoms with E-state index in [1.165, 1.54) is 36.8 Å². The van der Waals surface area contributed by atoms with Crippen LogP contribution in [0.3, 0.4) is 0 Å². The Hall–Kier alpha value is -2.06. The number of thiol groups is 2. The van der Waals surface area contributed by atoms with Crippen LogP contribution in [0.2, 0.25) is 0 Å². The fourth-order valence-electron chi connectivity index (χ4n) is 4.39. The molecule has 0 aromatic carbocycles. The molecule has 210 valence electrons. The minimum Gasteiger partial charge on any atom is -0.355 e. The van der Waals surface area contributed by atoms with Crippen LogP contribution < -0.4 is 19.8 Å². The topological polar surface area (TPSA) is 66.0 Å². The summed E-state index contributed by atoms with van der Waals surface area (Å²) in [6.45, 7) is 3.37. The number of carbonyl (C=O) groups excluding carboxylic acids is 2. The summed E-state index contributed by atoms with van der Waals surface area (Å²) in [5.74, 6) is 1.68. The Balaban J connectivity index is 1.56. The van der Waals surface area contributed by atoms with E-state index in [1.54, 1.807) is 0 Å². The van der Waals surface area contributed by atoms with Gasteiger partial charge < -0.3 is 10.6 Å². The van der Waals surface area contributed by atoms with Crippen LogP contribution >= 0.6 is 25.3 Å². The van der Waals surface area contributed by atoms with Crippen LogP contribution in [0.25, 0.3) is 11.1 Å². The highest BCUT2D eigenvalue weighted by Crippen LogP contribution is 2.16. The lowest BCUT2D eigenvalue weighted by atomic mass is 10.1. The third kappa shape index (κ3) is 14.8. The maximum absolute atomic E-state index is 11.6. The first kappa shape index (κ1) is 32.2. The van der Waals surface area contributed by atoms with Gasteiger partial charge in [-0.2, -0.15) is 25.3 Å². The molecule has 0 unspecified atom stereocenters. The van der Waals surface area contributed by atoms with E-state index in [9.17, 15) is 9.59 Å². The smallest absolute Gasteiger partial charge is 0.220 e. The van der Waals surface area contributed by atoms with Gasteiger partial charge in [0.25, 0.3) is 0 Å². The molecule has 0 spiro atoms. The molecule has 2 heterocycles. The Morgan fingerprint density at radius 2 is 0.895 bits per heavy atom. The average molecular weight is 561 g/mol.